The Balaban J connectivity index is 1.43. The molecule has 0 atom stereocenters. The van der Waals surface area contributed by atoms with Crippen molar-refractivity contribution in [3.05, 3.63) is 102 Å². The summed E-state index contributed by atoms with van der Waals surface area (Å²) in [6.45, 7) is 0.359. The van der Waals surface area contributed by atoms with Gasteiger partial charge in [-0.2, -0.15) is 0 Å². The van der Waals surface area contributed by atoms with Crippen LogP contribution in [0.3, 0.4) is 0 Å². The topological polar surface area (TPSA) is 75.7 Å². The number of para-hydroxylation sites is 1. The number of hydrogen-bond donors (Lipinski definition) is 1. The summed E-state index contributed by atoms with van der Waals surface area (Å²) < 4.78 is 32.2. The van der Waals surface area contributed by atoms with Crippen LogP contribution >= 0.6 is 0 Å². The SMILES string of the molecule is COc1ccc2cc(CNC(=O)c3ccc(S(=O)(=O)N(C)c4ccccc4)cc3)ccc2c1. The summed E-state index contributed by atoms with van der Waals surface area (Å²) in [4.78, 5) is 12.7. The lowest BCUT2D eigenvalue weighted by Gasteiger charge is -2.19. The van der Waals surface area contributed by atoms with E-state index in [9.17, 15) is 13.2 Å². The standard InChI is InChI=1S/C26H24N2O4S/c1-28(23-6-4-3-5-7-23)33(30,31)25-14-11-20(12-15-25)26(29)27-18-19-8-9-22-17-24(32-2)13-10-21(22)16-19/h3-17H,18H2,1-2H3,(H,27,29). The number of ether oxygens (including phenoxy) is 1. The summed E-state index contributed by atoms with van der Waals surface area (Å²) in [6, 6.07) is 26.6. The largest absolute Gasteiger partial charge is 0.497 e. The maximum Gasteiger partial charge on any atom is 0.264 e. The van der Waals surface area contributed by atoms with Gasteiger partial charge in [0.25, 0.3) is 15.9 Å². The molecule has 33 heavy (non-hydrogen) atoms. The van der Waals surface area contributed by atoms with E-state index in [0.717, 1.165) is 22.1 Å². The summed E-state index contributed by atoms with van der Waals surface area (Å²) in [5.41, 5.74) is 1.92. The minimum atomic E-state index is -3.72. The van der Waals surface area contributed by atoms with E-state index in [4.69, 9.17) is 4.74 Å². The molecule has 0 saturated heterocycles. The quantitative estimate of drug-likeness (QED) is 0.437. The number of carbonyl (C=O) groups excluding carboxylic acids is 1. The van der Waals surface area contributed by atoms with Gasteiger partial charge in [-0.15, -0.1) is 0 Å². The average Bonchev–Trinajstić information content (AvgIpc) is 2.86. The van der Waals surface area contributed by atoms with Gasteiger partial charge in [0.2, 0.25) is 0 Å². The number of carbonyl (C=O) groups is 1. The predicted molar refractivity (Wildman–Crippen MR) is 130 cm³/mol. The lowest BCUT2D eigenvalue weighted by atomic mass is 10.1. The fourth-order valence-corrected chi connectivity index (χ4v) is 4.70. The van der Waals surface area contributed by atoms with Crippen LogP contribution in [0.2, 0.25) is 0 Å². The molecule has 4 aromatic rings. The van der Waals surface area contributed by atoms with E-state index in [1.54, 1.807) is 31.4 Å². The summed E-state index contributed by atoms with van der Waals surface area (Å²) in [6.07, 6.45) is 0. The van der Waals surface area contributed by atoms with Crippen molar-refractivity contribution in [1.82, 2.24) is 5.32 Å². The Morgan fingerprint density at radius 2 is 1.55 bits per heavy atom. The number of methoxy groups -OCH3 is 1. The molecule has 168 valence electrons. The van der Waals surface area contributed by atoms with Crippen molar-refractivity contribution < 1.29 is 17.9 Å². The highest BCUT2D eigenvalue weighted by molar-refractivity contribution is 7.92. The fraction of sp³-hybridized carbons (Fsp3) is 0.115. The van der Waals surface area contributed by atoms with Crippen LogP contribution in [0, 0.1) is 0 Å². The Kier molecular flexibility index (Phi) is 6.33. The van der Waals surface area contributed by atoms with Crippen LogP contribution < -0.4 is 14.4 Å². The molecule has 0 radical (unpaired) electrons. The van der Waals surface area contributed by atoms with Crippen LogP contribution in [-0.4, -0.2) is 28.5 Å². The fourth-order valence-electron chi connectivity index (χ4n) is 3.51. The Hall–Kier alpha value is -3.84. The monoisotopic (exact) mass is 460 g/mol. The summed E-state index contributed by atoms with van der Waals surface area (Å²) in [5, 5.41) is 5.00. The normalized spacial score (nSPS) is 11.2. The molecule has 0 aromatic heterocycles. The van der Waals surface area contributed by atoms with Gasteiger partial charge in [0, 0.05) is 19.2 Å². The molecule has 4 rings (SSSR count). The number of nitrogens with zero attached hydrogens (tertiary/aromatic N) is 1. The molecule has 0 spiro atoms. The number of anilines is 1. The first-order valence-electron chi connectivity index (χ1n) is 10.4. The van der Waals surface area contributed by atoms with Crippen LogP contribution in [0.4, 0.5) is 5.69 Å². The summed E-state index contributed by atoms with van der Waals surface area (Å²) in [5.74, 6) is 0.522. The first-order chi connectivity index (χ1) is 15.9. The third kappa shape index (κ3) is 4.83. The van der Waals surface area contributed by atoms with Gasteiger partial charge in [0.1, 0.15) is 5.75 Å². The molecule has 0 aliphatic rings. The zero-order valence-electron chi connectivity index (χ0n) is 18.4. The molecule has 0 bridgehead atoms. The number of hydrogen-bond acceptors (Lipinski definition) is 4. The molecule has 0 saturated carbocycles. The van der Waals surface area contributed by atoms with E-state index in [1.165, 1.54) is 35.6 Å². The second kappa shape index (κ2) is 9.34. The van der Waals surface area contributed by atoms with Crippen LogP contribution in [0.25, 0.3) is 10.8 Å². The number of amides is 1. The van der Waals surface area contributed by atoms with Crippen molar-refractivity contribution in [3.63, 3.8) is 0 Å². The Morgan fingerprint density at radius 1 is 0.879 bits per heavy atom. The summed E-state index contributed by atoms with van der Waals surface area (Å²) in [7, 11) is -0.585. The number of nitrogens with one attached hydrogen (secondary N) is 1. The van der Waals surface area contributed by atoms with Gasteiger partial charge in [0.15, 0.2) is 0 Å². The van der Waals surface area contributed by atoms with Crippen molar-refractivity contribution >= 4 is 32.4 Å². The molecule has 4 aromatic carbocycles. The van der Waals surface area contributed by atoms with Gasteiger partial charge in [0.05, 0.1) is 17.7 Å². The van der Waals surface area contributed by atoms with Crippen LogP contribution in [-0.2, 0) is 16.6 Å². The molecule has 0 aliphatic carbocycles. The number of benzene rings is 4. The lowest BCUT2D eigenvalue weighted by Crippen LogP contribution is -2.27. The number of fused-ring (bicyclic) bond motifs is 1. The van der Waals surface area contributed by atoms with E-state index in [0.29, 0.717) is 17.8 Å². The minimum absolute atomic E-state index is 0.121. The molecule has 1 amide bonds. The van der Waals surface area contributed by atoms with Gasteiger partial charge in [-0.1, -0.05) is 36.4 Å². The van der Waals surface area contributed by atoms with Crippen LogP contribution in [0.5, 0.6) is 5.75 Å². The first kappa shape index (κ1) is 22.4. The van der Waals surface area contributed by atoms with Gasteiger partial charge < -0.3 is 10.1 Å². The number of rotatable bonds is 7. The first-order valence-corrected chi connectivity index (χ1v) is 11.8. The van der Waals surface area contributed by atoms with Gasteiger partial charge in [-0.05, 0) is 70.9 Å². The molecule has 0 aliphatic heterocycles. The molecule has 1 N–H and O–H groups in total. The van der Waals surface area contributed by atoms with E-state index >= 15 is 0 Å². The smallest absolute Gasteiger partial charge is 0.264 e. The van der Waals surface area contributed by atoms with Crippen molar-refractivity contribution in [2.75, 3.05) is 18.5 Å². The summed E-state index contributed by atoms with van der Waals surface area (Å²) >= 11 is 0. The third-order valence-electron chi connectivity index (χ3n) is 5.46. The Bertz CT molecular complexity index is 1390. The van der Waals surface area contributed by atoms with E-state index in [2.05, 4.69) is 5.32 Å². The zero-order valence-corrected chi connectivity index (χ0v) is 19.2. The van der Waals surface area contributed by atoms with Crippen molar-refractivity contribution in [1.29, 1.82) is 0 Å². The van der Waals surface area contributed by atoms with Gasteiger partial charge >= 0.3 is 0 Å². The highest BCUT2D eigenvalue weighted by atomic mass is 32.2. The van der Waals surface area contributed by atoms with E-state index in [1.807, 2.05) is 42.5 Å². The second-order valence-electron chi connectivity index (χ2n) is 7.56. The predicted octanol–water partition coefficient (Wildman–Crippen LogP) is 4.60. The maximum atomic E-state index is 12.9. The minimum Gasteiger partial charge on any atom is -0.497 e. The Morgan fingerprint density at radius 3 is 2.24 bits per heavy atom. The molecule has 7 heteroatoms. The molecule has 0 fully saturated rings. The second-order valence-corrected chi connectivity index (χ2v) is 9.53. The average molecular weight is 461 g/mol. The Labute approximate surface area is 193 Å². The molecule has 0 heterocycles. The van der Waals surface area contributed by atoms with E-state index < -0.39 is 10.0 Å². The number of sulfonamides is 1. The van der Waals surface area contributed by atoms with Gasteiger partial charge in [-0.3, -0.25) is 9.10 Å². The third-order valence-corrected chi connectivity index (χ3v) is 7.26. The lowest BCUT2D eigenvalue weighted by molar-refractivity contribution is 0.0951. The molecule has 6 nitrogen and oxygen atoms in total. The van der Waals surface area contributed by atoms with Crippen LogP contribution in [0.1, 0.15) is 15.9 Å². The van der Waals surface area contributed by atoms with E-state index in [-0.39, 0.29) is 10.8 Å². The van der Waals surface area contributed by atoms with Crippen molar-refractivity contribution in [2.45, 2.75) is 11.4 Å². The van der Waals surface area contributed by atoms with Crippen molar-refractivity contribution in [2.24, 2.45) is 0 Å². The molecular formula is C26H24N2O4S. The highest BCUT2D eigenvalue weighted by Gasteiger charge is 2.21. The maximum absolute atomic E-state index is 12.9. The molecule has 0 unspecified atom stereocenters. The zero-order chi connectivity index (χ0) is 23.4. The van der Waals surface area contributed by atoms with Gasteiger partial charge in [-0.25, -0.2) is 8.42 Å². The molecular weight excluding hydrogens is 436 g/mol. The van der Waals surface area contributed by atoms with Crippen LogP contribution in [0.15, 0.2) is 95.9 Å². The van der Waals surface area contributed by atoms with Crippen molar-refractivity contribution in [3.8, 4) is 5.75 Å². The highest BCUT2D eigenvalue weighted by Crippen LogP contribution is 2.23.